The molecule has 2 aromatic heterocycles. The van der Waals surface area contributed by atoms with Crippen molar-refractivity contribution in [3.63, 3.8) is 0 Å². The maximum atomic E-state index is 12.4. The highest BCUT2D eigenvalue weighted by Gasteiger charge is 2.19. The molecule has 0 saturated carbocycles. The van der Waals surface area contributed by atoms with Crippen LogP contribution in [0.5, 0.6) is 0 Å². The van der Waals surface area contributed by atoms with E-state index in [0.29, 0.717) is 12.8 Å². The first-order valence-corrected chi connectivity index (χ1v) is 8.11. The molecule has 0 saturated heterocycles. The van der Waals surface area contributed by atoms with Crippen LogP contribution < -0.4 is 5.32 Å². The number of rotatable bonds is 7. The Kier molecular flexibility index (Phi) is 4.96. The summed E-state index contributed by atoms with van der Waals surface area (Å²) in [6, 6.07) is 7.75. The molecule has 24 heavy (non-hydrogen) atoms. The Balaban J connectivity index is 1.61. The van der Waals surface area contributed by atoms with Crippen molar-refractivity contribution in [2.75, 3.05) is 6.61 Å². The Bertz CT molecular complexity index is 794. The highest BCUT2D eigenvalue weighted by atomic mass is 16.3. The Morgan fingerprint density at radius 2 is 2.12 bits per heavy atom. The van der Waals surface area contributed by atoms with Gasteiger partial charge in [0.1, 0.15) is 0 Å². The van der Waals surface area contributed by atoms with Gasteiger partial charge in [-0.15, -0.1) is 0 Å². The molecule has 3 aromatic rings. The van der Waals surface area contributed by atoms with Gasteiger partial charge in [0, 0.05) is 41.3 Å². The van der Waals surface area contributed by atoms with Crippen LogP contribution in [0.1, 0.15) is 18.2 Å². The maximum absolute atomic E-state index is 12.4. The quantitative estimate of drug-likeness (QED) is 0.533. The maximum Gasteiger partial charge on any atom is 0.223 e. The molecule has 0 aliphatic rings. The first-order chi connectivity index (χ1) is 11.7. The van der Waals surface area contributed by atoms with Crippen LogP contribution in [0.3, 0.4) is 0 Å². The van der Waals surface area contributed by atoms with E-state index in [9.17, 15) is 9.90 Å². The molecule has 0 bridgehead atoms. The number of fused-ring (bicyclic) bond motifs is 1. The number of benzene rings is 1. The molecule has 0 aliphatic carbocycles. The number of aromatic amines is 2. The van der Waals surface area contributed by atoms with Gasteiger partial charge < -0.3 is 20.4 Å². The summed E-state index contributed by atoms with van der Waals surface area (Å²) in [4.78, 5) is 22.6. The summed E-state index contributed by atoms with van der Waals surface area (Å²) in [5.74, 6) is -0.237. The number of imidazole rings is 1. The molecule has 1 aromatic carbocycles. The van der Waals surface area contributed by atoms with Gasteiger partial charge >= 0.3 is 0 Å². The molecule has 0 aliphatic heterocycles. The van der Waals surface area contributed by atoms with Gasteiger partial charge in [-0.25, -0.2) is 4.98 Å². The lowest BCUT2D eigenvalue weighted by atomic mass is 9.99. The standard InChI is InChI=1S/C18H22N4O2/c1-12(6-13-8-20-17-5-3-2-4-16(13)17)18(24)22-15(10-23)7-14-9-19-11-21-14/h2-5,8-9,11-12,15,20,23H,6-7,10H2,1H3,(H,19,21)(H,22,24). The fraction of sp³-hybridized carbons (Fsp3) is 0.333. The van der Waals surface area contributed by atoms with Crippen LogP contribution in [0, 0.1) is 5.92 Å². The number of hydrogen-bond donors (Lipinski definition) is 4. The fourth-order valence-electron chi connectivity index (χ4n) is 2.89. The van der Waals surface area contributed by atoms with Crippen LogP contribution >= 0.6 is 0 Å². The summed E-state index contributed by atoms with van der Waals surface area (Å²) in [6.45, 7) is 1.80. The van der Waals surface area contributed by atoms with Crippen LogP contribution in [0.25, 0.3) is 10.9 Å². The normalized spacial score (nSPS) is 13.8. The van der Waals surface area contributed by atoms with Crippen molar-refractivity contribution in [2.24, 2.45) is 5.92 Å². The third-order valence-corrected chi connectivity index (χ3v) is 4.24. The van der Waals surface area contributed by atoms with Gasteiger partial charge in [0.05, 0.1) is 19.0 Å². The topological polar surface area (TPSA) is 93.8 Å². The van der Waals surface area contributed by atoms with Crippen molar-refractivity contribution in [3.05, 3.63) is 54.2 Å². The molecule has 4 N–H and O–H groups in total. The second-order valence-electron chi connectivity index (χ2n) is 6.13. The van der Waals surface area contributed by atoms with Gasteiger partial charge in [0.25, 0.3) is 0 Å². The van der Waals surface area contributed by atoms with E-state index in [2.05, 4.69) is 26.3 Å². The molecule has 2 heterocycles. The molecule has 3 rings (SSSR count). The van der Waals surface area contributed by atoms with Crippen molar-refractivity contribution in [3.8, 4) is 0 Å². The number of para-hydroxylation sites is 1. The zero-order valence-electron chi connectivity index (χ0n) is 13.6. The second kappa shape index (κ2) is 7.31. The van der Waals surface area contributed by atoms with Gasteiger partial charge in [-0.3, -0.25) is 4.79 Å². The number of aromatic nitrogens is 3. The monoisotopic (exact) mass is 326 g/mol. The third kappa shape index (κ3) is 3.65. The number of amides is 1. The minimum absolute atomic E-state index is 0.0566. The summed E-state index contributed by atoms with van der Waals surface area (Å²) in [6.07, 6.45) is 6.43. The van der Waals surface area contributed by atoms with Gasteiger partial charge in [0.15, 0.2) is 0 Å². The molecule has 0 radical (unpaired) electrons. The second-order valence-corrected chi connectivity index (χ2v) is 6.13. The lowest BCUT2D eigenvalue weighted by Crippen LogP contribution is -2.42. The van der Waals surface area contributed by atoms with Crippen molar-refractivity contribution >= 4 is 16.8 Å². The SMILES string of the molecule is CC(Cc1c[nH]c2ccccc12)C(=O)NC(CO)Cc1cnc[nH]1. The van der Waals surface area contributed by atoms with Crippen molar-refractivity contribution < 1.29 is 9.90 Å². The van der Waals surface area contributed by atoms with E-state index >= 15 is 0 Å². The predicted octanol–water partition coefficient (Wildman–Crippen LogP) is 1.79. The van der Waals surface area contributed by atoms with E-state index < -0.39 is 0 Å². The third-order valence-electron chi connectivity index (χ3n) is 4.24. The van der Waals surface area contributed by atoms with E-state index in [1.807, 2.05) is 31.3 Å². The first kappa shape index (κ1) is 16.3. The number of aliphatic hydroxyl groups is 1. The Morgan fingerprint density at radius 3 is 2.88 bits per heavy atom. The highest BCUT2D eigenvalue weighted by Crippen LogP contribution is 2.20. The largest absolute Gasteiger partial charge is 0.394 e. The smallest absolute Gasteiger partial charge is 0.223 e. The first-order valence-electron chi connectivity index (χ1n) is 8.11. The van der Waals surface area contributed by atoms with Crippen LogP contribution in [-0.2, 0) is 17.6 Å². The summed E-state index contributed by atoms with van der Waals surface area (Å²) in [5.41, 5.74) is 3.09. The van der Waals surface area contributed by atoms with Crippen LogP contribution in [-0.4, -0.2) is 38.6 Å². The van der Waals surface area contributed by atoms with Crippen molar-refractivity contribution in [1.82, 2.24) is 20.3 Å². The molecule has 2 atom stereocenters. The predicted molar refractivity (Wildman–Crippen MR) is 92.5 cm³/mol. The summed E-state index contributed by atoms with van der Waals surface area (Å²) in [5, 5.41) is 13.6. The lowest BCUT2D eigenvalue weighted by Gasteiger charge is -2.18. The number of H-pyrrole nitrogens is 2. The fourth-order valence-corrected chi connectivity index (χ4v) is 2.89. The Morgan fingerprint density at radius 1 is 1.29 bits per heavy atom. The zero-order chi connectivity index (χ0) is 16.9. The van der Waals surface area contributed by atoms with Crippen molar-refractivity contribution in [2.45, 2.75) is 25.8 Å². The van der Waals surface area contributed by atoms with E-state index in [1.165, 1.54) is 0 Å². The van der Waals surface area contributed by atoms with E-state index in [-0.39, 0.29) is 24.5 Å². The summed E-state index contributed by atoms with van der Waals surface area (Å²) in [7, 11) is 0. The molecule has 126 valence electrons. The van der Waals surface area contributed by atoms with E-state index in [0.717, 1.165) is 22.2 Å². The molecule has 2 unspecified atom stereocenters. The summed E-state index contributed by atoms with van der Waals surface area (Å²) < 4.78 is 0. The van der Waals surface area contributed by atoms with Crippen LogP contribution in [0.2, 0.25) is 0 Å². The lowest BCUT2D eigenvalue weighted by molar-refractivity contribution is -0.125. The summed E-state index contributed by atoms with van der Waals surface area (Å²) >= 11 is 0. The number of nitrogens with zero attached hydrogens (tertiary/aromatic N) is 1. The van der Waals surface area contributed by atoms with Crippen LogP contribution in [0.15, 0.2) is 43.0 Å². The molecular weight excluding hydrogens is 304 g/mol. The Labute approximate surface area is 140 Å². The van der Waals surface area contributed by atoms with Crippen LogP contribution in [0.4, 0.5) is 0 Å². The Hall–Kier alpha value is -2.60. The average molecular weight is 326 g/mol. The molecule has 6 heteroatoms. The van der Waals surface area contributed by atoms with E-state index in [4.69, 9.17) is 0 Å². The minimum atomic E-state index is -0.316. The van der Waals surface area contributed by atoms with Gasteiger partial charge in [-0.05, 0) is 18.1 Å². The number of hydrogen-bond acceptors (Lipinski definition) is 3. The van der Waals surface area contributed by atoms with Crippen molar-refractivity contribution in [1.29, 1.82) is 0 Å². The number of carbonyl (C=O) groups is 1. The number of aliphatic hydroxyl groups excluding tert-OH is 1. The van der Waals surface area contributed by atoms with Gasteiger partial charge in [0.2, 0.25) is 5.91 Å². The molecule has 1 amide bonds. The minimum Gasteiger partial charge on any atom is -0.394 e. The average Bonchev–Trinajstić information content (AvgIpc) is 3.24. The molecule has 0 fully saturated rings. The molecule has 6 nitrogen and oxygen atoms in total. The molecule has 0 spiro atoms. The number of nitrogens with one attached hydrogen (secondary N) is 3. The highest BCUT2D eigenvalue weighted by molar-refractivity contribution is 5.84. The van der Waals surface area contributed by atoms with Gasteiger partial charge in [-0.1, -0.05) is 25.1 Å². The number of carbonyl (C=O) groups excluding carboxylic acids is 1. The van der Waals surface area contributed by atoms with E-state index in [1.54, 1.807) is 12.5 Å². The molecular formula is C18H22N4O2. The zero-order valence-corrected chi connectivity index (χ0v) is 13.6. The van der Waals surface area contributed by atoms with Gasteiger partial charge in [-0.2, -0.15) is 0 Å².